The number of rotatable bonds is 2. The largest absolute Gasteiger partial charge is 0.480 e. The van der Waals surface area contributed by atoms with Gasteiger partial charge in [-0.25, -0.2) is 0 Å². The Morgan fingerprint density at radius 3 is 2.58 bits per heavy atom. The molecule has 1 atom stereocenters. The molecule has 19 heavy (non-hydrogen) atoms. The first-order valence-corrected chi connectivity index (χ1v) is 6.85. The highest BCUT2D eigenvalue weighted by molar-refractivity contribution is 5.80. The van der Waals surface area contributed by atoms with Crippen molar-refractivity contribution in [3.63, 3.8) is 0 Å². The Balaban J connectivity index is 1.93. The molecule has 0 aromatic heterocycles. The van der Waals surface area contributed by atoms with E-state index in [-0.39, 0.29) is 0 Å². The van der Waals surface area contributed by atoms with E-state index in [9.17, 15) is 9.90 Å². The molecule has 1 N–H and O–H groups in total. The molecule has 3 rings (SSSR count). The van der Waals surface area contributed by atoms with Gasteiger partial charge in [0.15, 0.2) is 0 Å². The number of aryl methyl sites for hydroxylation is 1. The normalized spacial score (nSPS) is 27.8. The van der Waals surface area contributed by atoms with Crippen molar-refractivity contribution in [3.8, 4) is 0 Å². The van der Waals surface area contributed by atoms with Crippen molar-refractivity contribution in [2.24, 2.45) is 0 Å². The number of fused-ring (bicyclic) bond motifs is 1. The van der Waals surface area contributed by atoms with Crippen molar-refractivity contribution >= 4 is 5.97 Å². The third-order valence-electron chi connectivity index (χ3n) is 4.42. The van der Waals surface area contributed by atoms with Crippen LogP contribution in [-0.2, 0) is 22.4 Å². The summed E-state index contributed by atoms with van der Waals surface area (Å²) in [5, 5.41) is 9.78. The van der Waals surface area contributed by atoms with E-state index in [0.717, 1.165) is 6.42 Å². The summed E-state index contributed by atoms with van der Waals surface area (Å²) in [7, 11) is 0. The monoisotopic (exact) mass is 261 g/mol. The summed E-state index contributed by atoms with van der Waals surface area (Å²) in [5.41, 5.74) is 1.74. The number of carboxylic acid groups (broad SMARTS) is 1. The molecule has 0 saturated carbocycles. The van der Waals surface area contributed by atoms with Gasteiger partial charge in [-0.05, 0) is 24.0 Å². The van der Waals surface area contributed by atoms with Crippen molar-refractivity contribution in [1.29, 1.82) is 0 Å². The maximum atomic E-state index is 11.9. The fourth-order valence-electron chi connectivity index (χ4n) is 3.30. The maximum Gasteiger partial charge on any atom is 0.324 e. The number of morpholine rings is 1. The van der Waals surface area contributed by atoms with Gasteiger partial charge in [0.1, 0.15) is 5.54 Å². The zero-order valence-electron chi connectivity index (χ0n) is 11.0. The van der Waals surface area contributed by atoms with E-state index >= 15 is 0 Å². The number of aliphatic carboxylic acids is 1. The first kappa shape index (κ1) is 12.6. The maximum absolute atomic E-state index is 11.9. The van der Waals surface area contributed by atoms with Crippen LogP contribution < -0.4 is 0 Å². The number of ether oxygens (including phenoxy) is 1. The Morgan fingerprint density at radius 2 is 1.89 bits per heavy atom. The summed E-state index contributed by atoms with van der Waals surface area (Å²) in [4.78, 5) is 14.0. The van der Waals surface area contributed by atoms with Crippen molar-refractivity contribution in [3.05, 3.63) is 35.4 Å². The van der Waals surface area contributed by atoms with Gasteiger partial charge >= 0.3 is 5.97 Å². The minimum atomic E-state index is -0.738. The third-order valence-corrected chi connectivity index (χ3v) is 4.42. The molecule has 1 saturated heterocycles. The van der Waals surface area contributed by atoms with Crippen LogP contribution in [0, 0.1) is 0 Å². The molecule has 1 aromatic carbocycles. The molecule has 1 heterocycles. The summed E-state index contributed by atoms with van der Waals surface area (Å²) >= 11 is 0. The van der Waals surface area contributed by atoms with Gasteiger partial charge in [0.25, 0.3) is 0 Å². The van der Waals surface area contributed by atoms with Crippen LogP contribution in [0.15, 0.2) is 24.3 Å². The molecule has 0 amide bonds. The number of nitrogens with zero attached hydrogens (tertiary/aromatic N) is 1. The van der Waals surface area contributed by atoms with Gasteiger partial charge < -0.3 is 9.84 Å². The van der Waals surface area contributed by atoms with E-state index < -0.39 is 11.5 Å². The predicted molar refractivity (Wildman–Crippen MR) is 71.2 cm³/mol. The fourth-order valence-corrected chi connectivity index (χ4v) is 3.30. The van der Waals surface area contributed by atoms with Gasteiger partial charge in [-0.3, -0.25) is 9.69 Å². The summed E-state index contributed by atoms with van der Waals surface area (Å²) in [6, 6.07) is 8.20. The van der Waals surface area contributed by atoms with E-state index in [0.29, 0.717) is 39.1 Å². The Bertz CT molecular complexity index is 482. The molecule has 0 radical (unpaired) electrons. The third kappa shape index (κ3) is 2.15. The molecular formula is C15H19NO3. The molecule has 102 valence electrons. The van der Waals surface area contributed by atoms with E-state index in [1.165, 1.54) is 11.1 Å². The Kier molecular flexibility index (Phi) is 3.29. The lowest BCUT2D eigenvalue weighted by Gasteiger charge is -2.45. The number of carboxylic acids is 1. The quantitative estimate of drug-likeness (QED) is 0.872. The highest BCUT2D eigenvalue weighted by atomic mass is 16.5. The van der Waals surface area contributed by atoms with Gasteiger partial charge in [-0.2, -0.15) is 0 Å². The minimum Gasteiger partial charge on any atom is -0.480 e. The van der Waals surface area contributed by atoms with Gasteiger partial charge in [0, 0.05) is 19.5 Å². The number of hydrogen-bond donors (Lipinski definition) is 1. The molecule has 1 aromatic rings. The summed E-state index contributed by atoms with van der Waals surface area (Å²) in [5.74, 6) is -0.691. The average Bonchev–Trinajstić information content (AvgIpc) is 2.47. The summed E-state index contributed by atoms with van der Waals surface area (Å²) in [6.07, 6.45) is 2.15. The molecule has 0 spiro atoms. The SMILES string of the molecule is O=C(O)C1(N2CCOCC2)CCc2ccccc2C1. The molecule has 2 aliphatic rings. The van der Waals surface area contributed by atoms with Gasteiger partial charge in [-0.1, -0.05) is 24.3 Å². The van der Waals surface area contributed by atoms with Gasteiger partial charge in [0.2, 0.25) is 0 Å². The summed E-state index contributed by atoms with van der Waals surface area (Å²) < 4.78 is 5.35. The number of hydrogen-bond acceptors (Lipinski definition) is 3. The van der Waals surface area contributed by atoms with E-state index in [1.807, 2.05) is 12.1 Å². The number of benzene rings is 1. The highest BCUT2D eigenvalue weighted by Gasteiger charge is 2.46. The van der Waals surface area contributed by atoms with Gasteiger partial charge in [0.05, 0.1) is 13.2 Å². The zero-order valence-corrected chi connectivity index (χ0v) is 11.0. The molecule has 4 nitrogen and oxygen atoms in total. The summed E-state index contributed by atoms with van der Waals surface area (Å²) in [6.45, 7) is 2.70. The first-order chi connectivity index (χ1) is 9.22. The van der Waals surface area contributed by atoms with Crippen LogP contribution in [-0.4, -0.2) is 47.8 Å². The lowest BCUT2D eigenvalue weighted by molar-refractivity contribution is -0.156. The van der Waals surface area contributed by atoms with E-state index in [1.54, 1.807) is 0 Å². The van der Waals surface area contributed by atoms with Crippen LogP contribution >= 0.6 is 0 Å². The Morgan fingerprint density at radius 1 is 1.21 bits per heavy atom. The standard InChI is InChI=1S/C15H19NO3/c17-14(18)15(16-7-9-19-10-8-16)6-5-12-3-1-2-4-13(12)11-15/h1-4H,5-11H2,(H,17,18). The lowest BCUT2D eigenvalue weighted by atomic mass is 9.76. The smallest absolute Gasteiger partial charge is 0.324 e. The second kappa shape index (κ2) is 4.94. The van der Waals surface area contributed by atoms with Crippen LogP contribution in [0.4, 0.5) is 0 Å². The molecule has 4 heteroatoms. The lowest BCUT2D eigenvalue weighted by Crippen LogP contribution is -2.60. The topological polar surface area (TPSA) is 49.8 Å². The first-order valence-electron chi connectivity index (χ1n) is 6.85. The zero-order chi connectivity index (χ0) is 13.3. The van der Waals surface area contributed by atoms with Crippen molar-refractivity contribution in [2.45, 2.75) is 24.8 Å². The molecular weight excluding hydrogens is 242 g/mol. The van der Waals surface area contributed by atoms with Crippen LogP contribution in [0.1, 0.15) is 17.5 Å². The van der Waals surface area contributed by atoms with E-state index in [2.05, 4.69) is 17.0 Å². The average molecular weight is 261 g/mol. The van der Waals surface area contributed by atoms with Crippen LogP contribution in [0.3, 0.4) is 0 Å². The number of carbonyl (C=O) groups is 1. The molecule has 1 fully saturated rings. The second-order valence-electron chi connectivity index (χ2n) is 5.38. The fraction of sp³-hybridized carbons (Fsp3) is 0.533. The Labute approximate surface area is 113 Å². The van der Waals surface area contributed by atoms with Crippen LogP contribution in [0.5, 0.6) is 0 Å². The van der Waals surface area contributed by atoms with Crippen molar-refractivity contribution < 1.29 is 14.6 Å². The molecule has 0 bridgehead atoms. The van der Waals surface area contributed by atoms with Crippen LogP contribution in [0.25, 0.3) is 0 Å². The molecule has 1 aliphatic heterocycles. The highest BCUT2D eigenvalue weighted by Crippen LogP contribution is 2.34. The molecule has 1 aliphatic carbocycles. The van der Waals surface area contributed by atoms with E-state index in [4.69, 9.17) is 4.74 Å². The molecule has 1 unspecified atom stereocenters. The van der Waals surface area contributed by atoms with Gasteiger partial charge in [-0.15, -0.1) is 0 Å². The second-order valence-corrected chi connectivity index (χ2v) is 5.38. The minimum absolute atomic E-state index is 0.610. The Hall–Kier alpha value is -1.39. The van der Waals surface area contributed by atoms with Crippen molar-refractivity contribution in [2.75, 3.05) is 26.3 Å². The van der Waals surface area contributed by atoms with Crippen LogP contribution in [0.2, 0.25) is 0 Å². The van der Waals surface area contributed by atoms with Crippen molar-refractivity contribution in [1.82, 2.24) is 4.90 Å². The predicted octanol–water partition coefficient (Wildman–Crippen LogP) is 1.33.